The second kappa shape index (κ2) is 7.15. The Hall–Kier alpha value is -3.68. The number of aromatic nitrogens is 2. The van der Waals surface area contributed by atoms with E-state index in [9.17, 15) is 14.0 Å². The van der Waals surface area contributed by atoms with Crippen molar-refractivity contribution in [2.75, 3.05) is 11.9 Å². The third-order valence-corrected chi connectivity index (χ3v) is 4.47. The molecule has 1 atom stereocenters. The van der Waals surface area contributed by atoms with Gasteiger partial charge < -0.3 is 19.9 Å². The molecule has 1 aliphatic rings. The Bertz CT molecular complexity index is 1050. The molecule has 2 heterocycles. The van der Waals surface area contributed by atoms with Crippen molar-refractivity contribution in [3.63, 3.8) is 0 Å². The van der Waals surface area contributed by atoms with Gasteiger partial charge >= 0.3 is 0 Å². The third-order valence-electron chi connectivity index (χ3n) is 4.47. The van der Waals surface area contributed by atoms with E-state index >= 15 is 0 Å². The van der Waals surface area contributed by atoms with E-state index in [1.54, 1.807) is 47.3 Å². The molecule has 8 heteroatoms. The Balaban J connectivity index is 1.64. The number of hydrogen-bond acceptors (Lipinski definition) is 4. The fraction of sp³-hybridized carbons (Fsp3) is 0.150. The lowest BCUT2D eigenvalue weighted by atomic mass is 10.0. The number of fused-ring (bicyclic) bond motifs is 1. The average molecular weight is 380 g/mol. The van der Waals surface area contributed by atoms with Crippen molar-refractivity contribution < 1.29 is 18.7 Å². The first-order valence-corrected chi connectivity index (χ1v) is 8.61. The Morgan fingerprint density at radius 3 is 2.79 bits per heavy atom. The van der Waals surface area contributed by atoms with Crippen LogP contribution in [0.5, 0.6) is 5.75 Å². The van der Waals surface area contributed by atoms with Crippen LogP contribution in [0, 0.1) is 5.82 Å². The fourth-order valence-corrected chi connectivity index (χ4v) is 3.05. The lowest BCUT2D eigenvalue weighted by molar-refractivity contribution is -0.118. The number of carbonyl (C=O) groups is 2. The summed E-state index contributed by atoms with van der Waals surface area (Å²) < 4.78 is 20.4. The van der Waals surface area contributed by atoms with Crippen LogP contribution < -0.4 is 15.4 Å². The van der Waals surface area contributed by atoms with E-state index in [0.29, 0.717) is 28.4 Å². The van der Waals surface area contributed by atoms with Gasteiger partial charge in [0.2, 0.25) is 0 Å². The lowest BCUT2D eigenvalue weighted by Gasteiger charge is -2.21. The zero-order chi connectivity index (χ0) is 19.7. The summed E-state index contributed by atoms with van der Waals surface area (Å²) in [5.41, 5.74) is 1.49. The normalized spacial score (nSPS) is 13.9. The van der Waals surface area contributed by atoms with E-state index < -0.39 is 6.04 Å². The summed E-state index contributed by atoms with van der Waals surface area (Å²) in [6, 6.07) is 10.1. The van der Waals surface area contributed by atoms with E-state index in [4.69, 9.17) is 4.74 Å². The Kier molecular flexibility index (Phi) is 4.52. The van der Waals surface area contributed by atoms with Crippen LogP contribution in [-0.2, 0) is 11.8 Å². The van der Waals surface area contributed by atoms with Crippen LogP contribution >= 0.6 is 0 Å². The number of ether oxygens (including phenoxy) is 1. The van der Waals surface area contributed by atoms with Gasteiger partial charge in [-0.15, -0.1) is 0 Å². The molecule has 4 rings (SSSR count). The first-order chi connectivity index (χ1) is 13.5. The van der Waals surface area contributed by atoms with Gasteiger partial charge in [0.1, 0.15) is 23.4 Å². The summed E-state index contributed by atoms with van der Waals surface area (Å²) in [7, 11) is 1.82. The highest BCUT2D eigenvalue weighted by Gasteiger charge is 2.23. The highest BCUT2D eigenvalue weighted by molar-refractivity contribution is 6.00. The number of halogens is 1. The molecule has 3 aromatic rings. The number of nitrogens with one attached hydrogen (secondary N) is 2. The van der Waals surface area contributed by atoms with Gasteiger partial charge in [0.05, 0.1) is 5.69 Å². The second-order valence-corrected chi connectivity index (χ2v) is 6.40. The maximum Gasteiger partial charge on any atom is 0.262 e. The Morgan fingerprint density at radius 1 is 1.29 bits per heavy atom. The maximum atomic E-state index is 13.3. The summed E-state index contributed by atoms with van der Waals surface area (Å²) in [6.45, 7) is -0.0512. The Morgan fingerprint density at radius 2 is 2.07 bits per heavy atom. The molecule has 0 unspecified atom stereocenters. The molecule has 0 saturated carbocycles. The molecule has 7 nitrogen and oxygen atoms in total. The topological polar surface area (TPSA) is 85.3 Å². The first-order valence-electron chi connectivity index (χ1n) is 8.61. The molecular weight excluding hydrogens is 363 g/mol. The summed E-state index contributed by atoms with van der Waals surface area (Å²) in [4.78, 5) is 28.7. The van der Waals surface area contributed by atoms with Crippen molar-refractivity contribution in [2.24, 2.45) is 7.05 Å². The third kappa shape index (κ3) is 3.44. The van der Waals surface area contributed by atoms with Crippen LogP contribution in [-0.4, -0.2) is 28.0 Å². The molecule has 2 N–H and O–H groups in total. The molecule has 0 fully saturated rings. The zero-order valence-electron chi connectivity index (χ0n) is 15.0. The zero-order valence-corrected chi connectivity index (χ0v) is 15.0. The summed E-state index contributed by atoms with van der Waals surface area (Å²) in [6.07, 6.45) is 3.40. The number of carbonyl (C=O) groups excluding carboxylic acids is 2. The van der Waals surface area contributed by atoms with Gasteiger partial charge in [0.15, 0.2) is 6.61 Å². The SMILES string of the molecule is Cn1ccnc1[C@@H](NC(=O)c1ccc2c(c1)NC(=O)CO2)c1ccc(F)cc1. The molecule has 2 amide bonds. The van der Waals surface area contributed by atoms with Crippen molar-refractivity contribution >= 4 is 17.5 Å². The van der Waals surface area contributed by atoms with E-state index in [-0.39, 0.29) is 24.2 Å². The largest absolute Gasteiger partial charge is 0.482 e. The summed E-state index contributed by atoms with van der Waals surface area (Å²) in [5, 5.41) is 5.61. The molecule has 1 aliphatic heterocycles. The predicted octanol–water partition coefficient (Wildman–Crippen LogP) is 2.41. The molecule has 0 aliphatic carbocycles. The number of hydrogen-bond donors (Lipinski definition) is 2. The molecule has 0 spiro atoms. The quantitative estimate of drug-likeness (QED) is 0.728. The number of rotatable bonds is 4. The van der Waals surface area contributed by atoms with Crippen molar-refractivity contribution in [2.45, 2.75) is 6.04 Å². The van der Waals surface area contributed by atoms with Crippen molar-refractivity contribution in [3.05, 3.63) is 77.6 Å². The number of benzene rings is 2. The van der Waals surface area contributed by atoms with Gasteiger partial charge in [0.25, 0.3) is 11.8 Å². The van der Waals surface area contributed by atoms with E-state index in [1.165, 1.54) is 12.1 Å². The smallest absolute Gasteiger partial charge is 0.262 e. The van der Waals surface area contributed by atoms with Gasteiger partial charge in [-0.1, -0.05) is 12.1 Å². The van der Waals surface area contributed by atoms with E-state index in [1.807, 2.05) is 7.05 Å². The number of aryl methyl sites for hydroxylation is 1. The lowest BCUT2D eigenvalue weighted by Crippen LogP contribution is -2.31. The van der Waals surface area contributed by atoms with Crippen molar-refractivity contribution in [1.29, 1.82) is 0 Å². The minimum absolute atomic E-state index is 0.0512. The second-order valence-electron chi connectivity index (χ2n) is 6.40. The fourth-order valence-electron chi connectivity index (χ4n) is 3.05. The minimum atomic E-state index is -0.574. The molecule has 1 aromatic heterocycles. The monoisotopic (exact) mass is 380 g/mol. The van der Waals surface area contributed by atoms with Gasteiger partial charge in [-0.05, 0) is 35.9 Å². The standard InChI is InChI=1S/C20H17FN4O3/c1-25-9-8-22-19(25)18(12-2-5-14(21)6-3-12)24-20(27)13-4-7-16-15(10-13)23-17(26)11-28-16/h2-10,18H,11H2,1H3,(H,23,26)(H,24,27)/t18-/m0/s1. The number of imidazole rings is 1. The summed E-state index contributed by atoms with van der Waals surface area (Å²) >= 11 is 0. The highest BCUT2D eigenvalue weighted by Crippen LogP contribution is 2.29. The maximum absolute atomic E-state index is 13.3. The van der Waals surface area contributed by atoms with Crippen LogP contribution in [0.25, 0.3) is 0 Å². The molecule has 0 bridgehead atoms. The molecular formula is C20H17FN4O3. The van der Waals surface area contributed by atoms with Gasteiger partial charge in [-0.3, -0.25) is 9.59 Å². The van der Waals surface area contributed by atoms with Gasteiger partial charge in [0, 0.05) is 25.0 Å². The molecule has 28 heavy (non-hydrogen) atoms. The summed E-state index contributed by atoms with van der Waals surface area (Å²) in [5.74, 6) is 0.117. The predicted molar refractivity (Wildman–Crippen MR) is 99.5 cm³/mol. The van der Waals surface area contributed by atoms with Crippen LogP contribution in [0.3, 0.4) is 0 Å². The molecule has 142 valence electrons. The number of anilines is 1. The van der Waals surface area contributed by atoms with E-state index in [2.05, 4.69) is 15.6 Å². The average Bonchev–Trinajstić information content (AvgIpc) is 3.11. The van der Waals surface area contributed by atoms with E-state index in [0.717, 1.165) is 0 Å². The van der Waals surface area contributed by atoms with Gasteiger partial charge in [-0.2, -0.15) is 0 Å². The van der Waals surface area contributed by atoms with Crippen molar-refractivity contribution in [1.82, 2.24) is 14.9 Å². The van der Waals surface area contributed by atoms with Crippen LogP contribution in [0.2, 0.25) is 0 Å². The molecule has 0 radical (unpaired) electrons. The van der Waals surface area contributed by atoms with Crippen LogP contribution in [0.4, 0.5) is 10.1 Å². The van der Waals surface area contributed by atoms with Gasteiger partial charge in [-0.25, -0.2) is 9.37 Å². The highest BCUT2D eigenvalue weighted by atomic mass is 19.1. The molecule has 2 aromatic carbocycles. The van der Waals surface area contributed by atoms with Crippen molar-refractivity contribution in [3.8, 4) is 5.75 Å². The van der Waals surface area contributed by atoms with Crippen LogP contribution in [0.15, 0.2) is 54.9 Å². The minimum Gasteiger partial charge on any atom is -0.482 e. The molecule has 0 saturated heterocycles. The number of amides is 2. The Labute approximate surface area is 160 Å². The first kappa shape index (κ1) is 17.7. The van der Waals surface area contributed by atoms with Crippen LogP contribution in [0.1, 0.15) is 27.8 Å². The number of nitrogens with zero attached hydrogens (tertiary/aromatic N) is 2.